The smallest absolute Gasteiger partial charge is 0.340 e. The van der Waals surface area contributed by atoms with E-state index < -0.39 is 0 Å². The maximum atomic E-state index is 12.3. The van der Waals surface area contributed by atoms with Crippen molar-refractivity contribution in [2.45, 2.75) is 26.8 Å². The van der Waals surface area contributed by atoms with Crippen molar-refractivity contribution in [1.82, 2.24) is 9.97 Å². The summed E-state index contributed by atoms with van der Waals surface area (Å²) in [4.78, 5) is 23.7. The summed E-state index contributed by atoms with van der Waals surface area (Å²) < 4.78 is 5.16. The van der Waals surface area contributed by atoms with Gasteiger partial charge in [0, 0.05) is 19.2 Å². The van der Waals surface area contributed by atoms with Gasteiger partial charge in [-0.25, -0.2) is 14.8 Å². The number of nitrogens with one attached hydrogen (secondary N) is 1. The summed E-state index contributed by atoms with van der Waals surface area (Å²) in [5, 5.41) is 3.27. The van der Waals surface area contributed by atoms with E-state index in [1.54, 1.807) is 13.0 Å². The topological polar surface area (TPSA) is 67.3 Å². The fourth-order valence-corrected chi connectivity index (χ4v) is 3.59. The molecule has 3 aromatic rings. The van der Waals surface area contributed by atoms with Crippen LogP contribution in [0, 0.1) is 6.92 Å². The van der Waals surface area contributed by atoms with Gasteiger partial charge in [-0.3, -0.25) is 0 Å². The SMILES string of the molecule is CCOC(=O)c1ccccc1Nc1cc(N2CCc3ccccc3C2)nc(C)n1. The van der Waals surface area contributed by atoms with Crippen molar-refractivity contribution < 1.29 is 9.53 Å². The first-order valence-electron chi connectivity index (χ1n) is 9.84. The van der Waals surface area contributed by atoms with E-state index in [9.17, 15) is 4.79 Å². The highest BCUT2D eigenvalue weighted by atomic mass is 16.5. The molecule has 0 amide bonds. The van der Waals surface area contributed by atoms with Crippen LogP contribution in [-0.4, -0.2) is 29.1 Å². The number of aryl methyl sites for hydroxylation is 1. The van der Waals surface area contributed by atoms with E-state index in [2.05, 4.69) is 44.5 Å². The zero-order chi connectivity index (χ0) is 20.2. The normalized spacial score (nSPS) is 13.0. The fourth-order valence-electron chi connectivity index (χ4n) is 3.59. The van der Waals surface area contributed by atoms with E-state index in [1.165, 1.54) is 11.1 Å². The van der Waals surface area contributed by atoms with Crippen LogP contribution in [0.4, 0.5) is 17.3 Å². The van der Waals surface area contributed by atoms with Gasteiger partial charge in [-0.15, -0.1) is 0 Å². The quantitative estimate of drug-likeness (QED) is 0.659. The number of aromatic nitrogens is 2. The number of rotatable bonds is 5. The number of esters is 1. The van der Waals surface area contributed by atoms with Crippen LogP contribution < -0.4 is 10.2 Å². The third kappa shape index (κ3) is 4.21. The van der Waals surface area contributed by atoms with Gasteiger partial charge < -0.3 is 15.0 Å². The van der Waals surface area contributed by atoms with Crippen LogP contribution in [0.5, 0.6) is 0 Å². The molecule has 0 spiro atoms. The molecule has 1 aliphatic heterocycles. The van der Waals surface area contributed by atoms with E-state index in [0.717, 1.165) is 25.3 Å². The van der Waals surface area contributed by atoms with Crippen LogP contribution in [-0.2, 0) is 17.7 Å². The van der Waals surface area contributed by atoms with Crippen molar-refractivity contribution in [3.63, 3.8) is 0 Å². The van der Waals surface area contributed by atoms with Gasteiger partial charge in [-0.1, -0.05) is 36.4 Å². The Morgan fingerprint density at radius 2 is 1.86 bits per heavy atom. The molecule has 0 atom stereocenters. The van der Waals surface area contributed by atoms with Gasteiger partial charge in [-0.05, 0) is 43.5 Å². The van der Waals surface area contributed by atoms with Crippen molar-refractivity contribution in [1.29, 1.82) is 0 Å². The van der Waals surface area contributed by atoms with E-state index in [-0.39, 0.29) is 5.97 Å². The number of carbonyl (C=O) groups excluding carboxylic acids is 1. The van der Waals surface area contributed by atoms with Gasteiger partial charge in [-0.2, -0.15) is 0 Å². The molecule has 6 nitrogen and oxygen atoms in total. The molecule has 0 unspecified atom stereocenters. The second-order valence-electron chi connectivity index (χ2n) is 6.99. The molecule has 1 N–H and O–H groups in total. The molecule has 0 bridgehead atoms. The van der Waals surface area contributed by atoms with Gasteiger partial charge in [0.2, 0.25) is 0 Å². The Kier molecular flexibility index (Phi) is 5.42. The van der Waals surface area contributed by atoms with Crippen molar-refractivity contribution >= 4 is 23.3 Å². The average Bonchev–Trinajstić information content (AvgIpc) is 2.73. The Hall–Kier alpha value is -3.41. The molecular formula is C23H24N4O2. The van der Waals surface area contributed by atoms with Gasteiger partial charge in [0.05, 0.1) is 17.9 Å². The molecule has 1 aromatic heterocycles. The highest BCUT2D eigenvalue weighted by Gasteiger charge is 2.19. The second kappa shape index (κ2) is 8.31. The number of fused-ring (bicyclic) bond motifs is 1. The van der Waals surface area contributed by atoms with E-state index in [1.807, 2.05) is 31.2 Å². The average molecular weight is 388 g/mol. The van der Waals surface area contributed by atoms with Gasteiger partial charge in [0.25, 0.3) is 0 Å². The minimum absolute atomic E-state index is 0.334. The molecule has 0 saturated heterocycles. The van der Waals surface area contributed by atoms with Gasteiger partial charge in [0.15, 0.2) is 0 Å². The molecule has 0 fully saturated rings. The number of carbonyl (C=O) groups is 1. The van der Waals surface area contributed by atoms with E-state index >= 15 is 0 Å². The van der Waals surface area contributed by atoms with E-state index in [4.69, 9.17) is 4.74 Å². The minimum Gasteiger partial charge on any atom is -0.462 e. The number of benzene rings is 2. The number of para-hydroxylation sites is 1. The lowest BCUT2D eigenvalue weighted by molar-refractivity contribution is 0.0527. The summed E-state index contributed by atoms with van der Waals surface area (Å²) in [7, 11) is 0. The number of nitrogens with zero attached hydrogens (tertiary/aromatic N) is 3. The van der Waals surface area contributed by atoms with Crippen molar-refractivity contribution in [3.05, 3.63) is 77.1 Å². The summed E-state index contributed by atoms with van der Waals surface area (Å²) in [6.07, 6.45) is 0.994. The number of hydrogen-bond acceptors (Lipinski definition) is 6. The highest BCUT2D eigenvalue weighted by Crippen LogP contribution is 2.27. The van der Waals surface area contributed by atoms with Crippen LogP contribution >= 0.6 is 0 Å². The number of anilines is 3. The summed E-state index contributed by atoms with van der Waals surface area (Å²) in [5.74, 6) is 1.86. The standard InChI is InChI=1S/C23H24N4O2/c1-3-29-23(28)19-10-6-7-11-20(19)26-21-14-22(25-16(2)24-21)27-13-12-17-8-4-5-9-18(17)15-27/h4-11,14H,3,12-13,15H2,1-2H3,(H,24,25,26). The summed E-state index contributed by atoms with van der Waals surface area (Å²) in [5.41, 5.74) is 3.88. The van der Waals surface area contributed by atoms with Crippen LogP contribution in [0.15, 0.2) is 54.6 Å². The molecule has 29 heavy (non-hydrogen) atoms. The maximum Gasteiger partial charge on any atom is 0.340 e. The predicted molar refractivity (Wildman–Crippen MR) is 114 cm³/mol. The number of ether oxygens (including phenoxy) is 1. The van der Waals surface area contributed by atoms with Crippen molar-refractivity contribution in [2.24, 2.45) is 0 Å². The lowest BCUT2D eigenvalue weighted by Gasteiger charge is -2.30. The fraction of sp³-hybridized carbons (Fsp3) is 0.261. The second-order valence-corrected chi connectivity index (χ2v) is 6.99. The van der Waals surface area contributed by atoms with Gasteiger partial charge in [0.1, 0.15) is 17.5 Å². The molecule has 1 aliphatic rings. The number of hydrogen-bond donors (Lipinski definition) is 1. The third-order valence-electron chi connectivity index (χ3n) is 4.96. The monoisotopic (exact) mass is 388 g/mol. The van der Waals surface area contributed by atoms with Crippen LogP contribution in [0.25, 0.3) is 0 Å². The summed E-state index contributed by atoms with van der Waals surface area (Å²) in [6.45, 7) is 5.74. The Balaban J connectivity index is 1.60. The maximum absolute atomic E-state index is 12.3. The minimum atomic E-state index is -0.353. The first kappa shape index (κ1) is 18.9. The first-order valence-corrected chi connectivity index (χ1v) is 9.84. The van der Waals surface area contributed by atoms with Crippen LogP contribution in [0.1, 0.15) is 34.2 Å². The Bertz CT molecular complexity index is 1030. The van der Waals surface area contributed by atoms with Crippen molar-refractivity contribution in [2.75, 3.05) is 23.4 Å². The van der Waals surface area contributed by atoms with Crippen molar-refractivity contribution in [3.8, 4) is 0 Å². The largest absolute Gasteiger partial charge is 0.462 e. The predicted octanol–water partition coefficient (Wildman–Crippen LogP) is 4.27. The Morgan fingerprint density at radius 3 is 2.69 bits per heavy atom. The zero-order valence-electron chi connectivity index (χ0n) is 16.7. The zero-order valence-corrected chi connectivity index (χ0v) is 16.7. The summed E-state index contributed by atoms with van der Waals surface area (Å²) >= 11 is 0. The first-order chi connectivity index (χ1) is 14.1. The lowest BCUT2D eigenvalue weighted by atomic mass is 10.00. The van der Waals surface area contributed by atoms with Crippen LogP contribution in [0.2, 0.25) is 0 Å². The molecule has 4 rings (SSSR count). The van der Waals surface area contributed by atoms with Crippen LogP contribution in [0.3, 0.4) is 0 Å². The highest BCUT2D eigenvalue weighted by molar-refractivity contribution is 5.96. The molecule has 2 aromatic carbocycles. The lowest BCUT2D eigenvalue weighted by Crippen LogP contribution is -2.31. The molecule has 0 saturated carbocycles. The Morgan fingerprint density at radius 1 is 1.10 bits per heavy atom. The summed E-state index contributed by atoms with van der Waals surface area (Å²) in [6, 6.07) is 17.8. The molecule has 148 valence electrons. The van der Waals surface area contributed by atoms with E-state index in [0.29, 0.717) is 29.5 Å². The Labute approximate surface area is 170 Å². The molecule has 2 heterocycles. The molecule has 0 radical (unpaired) electrons. The third-order valence-corrected chi connectivity index (χ3v) is 4.96. The molecule has 0 aliphatic carbocycles. The van der Waals surface area contributed by atoms with Gasteiger partial charge >= 0.3 is 5.97 Å². The molecular weight excluding hydrogens is 364 g/mol. The molecule has 6 heteroatoms.